The van der Waals surface area contributed by atoms with Crippen molar-refractivity contribution in [3.63, 3.8) is 0 Å². The molecular weight excluding hydrogens is 653 g/mol. The van der Waals surface area contributed by atoms with Gasteiger partial charge in [0.05, 0.1) is 23.5 Å². The number of likely N-dealkylation sites (tertiary alicyclic amines) is 1. The number of hydrogen-bond acceptors (Lipinski definition) is 7. The van der Waals surface area contributed by atoms with E-state index in [9.17, 15) is 22.8 Å². The van der Waals surface area contributed by atoms with Crippen molar-refractivity contribution in [1.82, 2.24) is 10.2 Å². The van der Waals surface area contributed by atoms with E-state index in [0.29, 0.717) is 55.8 Å². The number of hydrogen-bond donors (Lipinski definition) is 3. The van der Waals surface area contributed by atoms with E-state index in [1.54, 1.807) is 41.3 Å². The minimum absolute atomic E-state index is 0.0129. The Bertz CT molecular complexity index is 1500. The van der Waals surface area contributed by atoms with Crippen molar-refractivity contribution in [3.05, 3.63) is 71.3 Å². The molecule has 10 nitrogen and oxygen atoms in total. The minimum atomic E-state index is -3.64. The number of nitrogen functional groups attached to an aromatic ring is 1. The summed E-state index contributed by atoms with van der Waals surface area (Å²) in [6.45, 7) is 1.29. The van der Waals surface area contributed by atoms with Gasteiger partial charge in [-0.1, -0.05) is 86.7 Å². The van der Waals surface area contributed by atoms with Crippen molar-refractivity contribution in [2.75, 3.05) is 32.6 Å². The van der Waals surface area contributed by atoms with Gasteiger partial charge in [-0.2, -0.15) is 0 Å². The fourth-order valence-corrected chi connectivity index (χ4v) is 9.13. The zero-order valence-corrected chi connectivity index (χ0v) is 30.4. The van der Waals surface area contributed by atoms with E-state index in [2.05, 4.69) is 5.32 Å². The molecule has 11 heteroatoms. The summed E-state index contributed by atoms with van der Waals surface area (Å²) in [7, 11) is -2.13. The Kier molecular flexibility index (Phi) is 15.5. The maximum Gasteiger partial charge on any atom is 0.248 e. The molecule has 2 atom stereocenters. The lowest BCUT2D eigenvalue weighted by Crippen LogP contribution is -2.45. The van der Waals surface area contributed by atoms with Gasteiger partial charge < -0.3 is 20.7 Å². The third-order valence-electron chi connectivity index (χ3n) is 10.4. The second kappa shape index (κ2) is 19.7. The highest BCUT2D eigenvalue weighted by Gasteiger charge is 2.31. The molecule has 1 saturated heterocycles. The second-order valence-electron chi connectivity index (χ2n) is 14.3. The summed E-state index contributed by atoms with van der Waals surface area (Å²) in [5.41, 5.74) is 7.83. The summed E-state index contributed by atoms with van der Waals surface area (Å²) >= 11 is 0. The van der Waals surface area contributed by atoms with Gasteiger partial charge in [-0.05, 0) is 67.9 Å². The summed E-state index contributed by atoms with van der Waals surface area (Å²) in [5, 5.41) is 10.7. The number of nitrogens with one attached hydrogen (secondary N) is 2. The normalized spacial score (nSPS) is 17.2. The van der Waals surface area contributed by atoms with Gasteiger partial charge in [-0.3, -0.25) is 19.8 Å². The highest BCUT2D eigenvalue weighted by atomic mass is 32.2. The van der Waals surface area contributed by atoms with Crippen LogP contribution in [0.15, 0.2) is 54.6 Å². The van der Waals surface area contributed by atoms with Crippen LogP contribution in [-0.4, -0.2) is 75.4 Å². The van der Waals surface area contributed by atoms with Crippen LogP contribution in [0.3, 0.4) is 0 Å². The number of rotatable bonds is 19. The van der Waals surface area contributed by atoms with Crippen molar-refractivity contribution < 1.29 is 27.5 Å². The molecule has 4 rings (SSSR count). The van der Waals surface area contributed by atoms with Crippen molar-refractivity contribution in [2.45, 2.75) is 95.3 Å². The van der Waals surface area contributed by atoms with Gasteiger partial charge in [0.1, 0.15) is 12.4 Å². The van der Waals surface area contributed by atoms with E-state index in [0.717, 1.165) is 37.7 Å². The molecule has 1 aliphatic heterocycles. The molecule has 2 fully saturated rings. The summed E-state index contributed by atoms with van der Waals surface area (Å²) < 4.78 is 32.0. The highest BCUT2D eigenvalue weighted by Crippen LogP contribution is 2.29. The first kappa shape index (κ1) is 39.2. The predicted octanol–water partition coefficient (Wildman–Crippen LogP) is 5.21. The number of ketones is 1. The number of sulfone groups is 1. The van der Waals surface area contributed by atoms with Gasteiger partial charge in [0.15, 0.2) is 15.6 Å². The number of ether oxygens (including phenoxy) is 1. The summed E-state index contributed by atoms with van der Waals surface area (Å²) in [6.07, 6.45) is 10.6. The number of benzene rings is 2. The Hall–Kier alpha value is -3.57. The number of amidine groups is 1. The molecule has 0 unspecified atom stereocenters. The molecule has 50 heavy (non-hydrogen) atoms. The lowest BCUT2D eigenvalue weighted by molar-refractivity contribution is -0.136. The molecule has 1 saturated carbocycles. The molecular formula is C39H56N4O6S. The lowest BCUT2D eigenvalue weighted by Gasteiger charge is -2.32. The van der Waals surface area contributed by atoms with Crippen LogP contribution in [-0.2, 0) is 41.1 Å². The number of Topliss-reactive ketones (excluding diaryl/α,β-unsaturated/α-hetero) is 1. The third kappa shape index (κ3) is 13.0. The molecule has 2 amide bonds. The van der Waals surface area contributed by atoms with Crippen LogP contribution in [0.25, 0.3) is 0 Å². The van der Waals surface area contributed by atoms with Crippen LogP contribution in [0.2, 0.25) is 0 Å². The maximum absolute atomic E-state index is 14.1. The zero-order valence-electron chi connectivity index (χ0n) is 29.6. The number of nitrogens with two attached hydrogens (primary N) is 1. The Morgan fingerprint density at radius 3 is 2.18 bits per heavy atom. The first-order valence-electron chi connectivity index (χ1n) is 18.3. The lowest BCUT2D eigenvalue weighted by atomic mass is 9.84. The number of nitrogens with zero attached hydrogens (tertiary/aromatic N) is 1. The van der Waals surface area contributed by atoms with Crippen LogP contribution in [0, 0.1) is 23.2 Å². The number of carbonyl (C=O) groups excluding carboxylic acids is 3. The van der Waals surface area contributed by atoms with Crippen LogP contribution >= 0.6 is 0 Å². The SMILES string of the molecule is COCC(=O)N1CCC(CC[C@@H](CS(=O)(=O)Cc2ccccc2)C(=O)N[C@@H](CCC2CCCCC2)C(=O)CCc2ccc(C(=N)N)cc2)CC1. The number of piperidine rings is 1. The molecule has 274 valence electrons. The Labute approximate surface area is 298 Å². The molecule has 2 aliphatic rings. The minimum Gasteiger partial charge on any atom is -0.384 e. The monoisotopic (exact) mass is 708 g/mol. The van der Waals surface area contributed by atoms with E-state index in [-0.39, 0.29) is 53.9 Å². The zero-order chi connectivity index (χ0) is 35.9. The van der Waals surface area contributed by atoms with Gasteiger partial charge in [0.25, 0.3) is 0 Å². The van der Waals surface area contributed by atoms with E-state index >= 15 is 0 Å². The molecule has 0 spiro atoms. The average molecular weight is 709 g/mol. The van der Waals surface area contributed by atoms with Crippen molar-refractivity contribution in [3.8, 4) is 0 Å². The van der Waals surface area contributed by atoms with Crippen LogP contribution in [0.4, 0.5) is 0 Å². The standard InChI is InChI=1S/C39H56N4O6S/c1-49-26-37(45)43-24-22-31(23-25-43)14-19-34(28-50(47,48)27-32-10-6-3-7-11-32)39(46)42-35(20-15-29-8-4-2-5-9-29)36(44)21-16-30-12-17-33(18-13-30)38(40)41/h3,6-7,10-13,17-18,29,31,34-35H,2,4-5,8-9,14-16,19-28H2,1H3,(H3,40,41)(H,42,46)/t34-,35-/m0/s1. The summed E-state index contributed by atoms with van der Waals surface area (Å²) in [4.78, 5) is 41.9. The average Bonchev–Trinajstić information content (AvgIpc) is 3.11. The fraction of sp³-hybridized carbons (Fsp3) is 0.590. The second-order valence-corrected chi connectivity index (χ2v) is 16.4. The number of amides is 2. The van der Waals surface area contributed by atoms with E-state index in [1.807, 2.05) is 18.2 Å². The first-order chi connectivity index (χ1) is 24.0. The van der Waals surface area contributed by atoms with Crippen LogP contribution < -0.4 is 11.1 Å². The number of aryl methyl sites for hydroxylation is 1. The molecule has 0 aromatic heterocycles. The van der Waals surface area contributed by atoms with E-state index < -0.39 is 21.8 Å². The smallest absolute Gasteiger partial charge is 0.248 e. The predicted molar refractivity (Wildman–Crippen MR) is 196 cm³/mol. The topological polar surface area (TPSA) is 160 Å². The maximum atomic E-state index is 14.1. The third-order valence-corrected chi connectivity index (χ3v) is 12.1. The molecule has 4 N–H and O–H groups in total. The highest BCUT2D eigenvalue weighted by molar-refractivity contribution is 7.90. The largest absolute Gasteiger partial charge is 0.384 e. The fourth-order valence-electron chi connectivity index (χ4n) is 7.38. The molecule has 0 bridgehead atoms. The molecule has 0 radical (unpaired) electrons. The van der Waals surface area contributed by atoms with Gasteiger partial charge in [0.2, 0.25) is 11.8 Å². The summed E-state index contributed by atoms with van der Waals surface area (Å²) in [5.74, 6) is -0.902. The Morgan fingerprint density at radius 2 is 1.54 bits per heavy atom. The van der Waals surface area contributed by atoms with Crippen LogP contribution in [0.1, 0.15) is 93.7 Å². The van der Waals surface area contributed by atoms with Gasteiger partial charge in [0, 0.05) is 32.2 Å². The molecule has 1 heterocycles. The van der Waals surface area contributed by atoms with E-state index in [1.165, 1.54) is 26.4 Å². The van der Waals surface area contributed by atoms with Crippen molar-refractivity contribution in [2.24, 2.45) is 23.5 Å². The van der Waals surface area contributed by atoms with Gasteiger partial charge >= 0.3 is 0 Å². The Morgan fingerprint density at radius 1 is 0.900 bits per heavy atom. The quantitative estimate of drug-likeness (QED) is 0.133. The molecule has 2 aromatic carbocycles. The summed E-state index contributed by atoms with van der Waals surface area (Å²) in [6, 6.07) is 15.6. The molecule has 2 aromatic rings. The first-order valence-corrected chi connectivity index (χ1v) is 20.1. The van der Waals surface area contributed by atoms with Crippen LogP contribution in [0.5, 0.6) is 0 Å². The van der Waals surface area contributed by atoms with Crippen molar-refractivity contribution >= 4 is 33.3 Å². The molecule has 1 aliphatic carbocycles. The number of methoxy groups -OCH3 is 1. The number of carbonyl (C=O) groups is 3. The van der Waals surface area contributed by atoms with Gasteiger partial charge in [-0.15, -0.1) is 0 Å². The van der Waals surface area contributed by atoms with E-state index in [4.69, 9.17) is 15.9 Å². The van der Waals surface area contributed by atoms with Gasteiger partial charge in [-0.25, -0.2) is 8.42 Å². The van der Waals surface area contributed by atoms with Crippen molar-refractivity contribution in [1.29, 1.82) is 5.41 Å². The Balaban J connectivity index is 1.45.